The SMILES string of the molecule is COc1cc(C)cc(OC)c1C1CNCCN1C(=O)OC(C)(C)C. The number of amides is 1. The van der Waals surface area contributed by atoms with E-state index in [2.05, 4.69) is 5.32 Å². The third-order valence-corrected chi connectivity index (χ3v) is 3.89. The van der Waals surface area contributed by atoms with E-state index in [9.17, 15) is 4.79 Å². The van der Waals surface area contributed by atoms with Crippen molar-refractivity contribution < 1.29 is 19.0 Å². The molecule has 0 bridgehead atoms. The third-order valence-electron chi connectivity index (χ3n) is 3.89. The fourth-order valence-corrected chi connectivity index (χ4v) is 2.90. The fourth-order valence-electron chi connectivity index (χ4n) is 2.90. The van der Waals surface area contributed by atoms with E-state index in [1.165, 1.54) is 0 Å². The maximum atomic E-state index is 12.7. The topological polar surface area (TPSA) is 60.0 Å². The number of rotatable bonds is 3. The van der Waals surface area contributed by atoms with Crippen LogP contribution in [0.15, 0.2) is 12.1 Å². The molecule has 2 rings (SSSR count). The van der Waals surface area contributed by atoms with Gasteiger partial charge in [-0.1, -0.05) is 0 Å². The van der Waals surface area contributed by atoms with Crippen molar-refractivity contribution >= 4 is 6.09 Å². The van der Waals surface area contributed by atoms with Crippen molar-refractivity contribution in [3.05, 3.63) is 23.3 Å². The Bertz CT molecular complexity index is 570. The molecule has 6 heteroatoms. The first-order valence-corrected chi connectivity index (χ1v) is 8.19. The number of methoxy groups -OCH3 is 2. The molecule has 1 unspecified atom stereocenters. The van der Waals surface area contributed by atoms with E-state index in [1.807, 2.05) is 39.8 Å². The van der Waals surface area contributed by atoms with E-state index in [0.29, 0.717) is 24.6 Å². The number of benzene rings is 1. The summed E-state index contributed by atoms with van der Waals surface area (Å²) in [5.74, 6) is 1.43. The van der Waals surface area contributed by atoms with Gasteiger partial charge in [-0.25, -0.2) is 4.79 Å². The molecule has 1 heterocycles. The average molecular weight is 336 g/mol. The summed E-state index contributed by atoms with van der Waals surface area (Å²) in [5, 5.41) is 3.34. The van der Waals surface area contributed by atoms with Crippen molar-refractivity contribution in [2.45, 2.75) is 39.3 Å². The first-order valence-electron chi connectivity index (χ1n) is 8.19. The minimum absolute atomic E-state index is 0.209. The van der Waals surface area contributed by atoms with Crippen LogP contribution in [0.1, 0.15) is 37.9 Å². The molecule has 6 nitrogen and oxygen atoms in total. The molecular weight excluding hydrogens is 308 g/mol. The maximum Gasteiger partial charge on any atom is 0.410 e. The second-order valence-electron chi connectivity index (χ2n) is 6.98. The molecule has 1 fully saturated rings. The van der Waals surface area contributed by atoms with Gasteiger partial charge in [-0.2, -0.15) is 0 Å². The Labute approximate surface area is 144 Å². The normalized spacial score (nSPS) is 18.2. The fraction of sp³-hybridized carbons (Fsp3) is 0.611. The molecule has 1 saturated heterocycles. The van der Waals surface area contributed by atoms with Gasteiger partial charge in [-0.15, -0.1) is 0 Å². The van der Waals surface area contributed by atoms with Gasteiger partial charge in [-0.3, -0.25) is 4.90 Å². The van der Waals surface area contributed by atoms with Gasteiger partial charge >= 0.3 is 6.09 Å². The molecular formula is C18H28N2O4. The maximum absolute atomic E-state index is 12.7. The minimum Gasteiger partial charge on any atom is -0.496 e. The standard InChI is InChI=1S/C18H28N2O4/c1-12-9-14(22-5)16(15(10-12)23-6)13-11-19-7-8-20(13)17(21)24-18(2,3)4/h9-10,13,19H,7-8,11H2,1-6H3. The number of hydrogen-bond acceptors (Lipinski definition) is 5. The number of carbonyl (C=O) groups excluding carboxylic acids is 1. The van der Waals surface area contributed by atoms with Crippen molar-refractivity contribution in [2.75, 3.05) is 33.9 Å². The molecule has 24 heavy (non-hydrogen) atoms. The van der Waals surface area contributed by atoms with Gasteiger partial charge in [0.05, 0.1) is 25.8 Å². The predicted octanol–water partition coefficient (Wildman–Crippen LogP) is 2.89. The summed E-state index contributed by atoms with van der Waals surface area (Å²) in [4.78, 5) is 14.4. The molecule has 1 aromatic rings. The van der Waals surface area contributed by atoms with Crippen molar-refractivity contribution in [2.24, 2.45) is 0 Å². The zero-order valence-corrected chi connectivity index (χ0v) is 15.4. The predicted molar refractivity (Wildman–Crippen MR) is 92.8 cm³/mol. The van der Waals surface area contributed by atoms with Crippen LogP contribution in [-0.2, 0) is 4.74 Å². The Morgan fingerprint density at radius 1 is 1.21 bits per heavy atom. The van der Waals surface area contributed by atoms with Crippen molar-refractivity contribution in [3.63, 3.8) is 0 Å². The van der Waals surface area contributed by atoms with E-state index in [0.717, 1.165) is 17.7 Å². The molecule has 1 aliphatic heterocycles. The zero-order chi connectivity index (χ0) is 17.9. The summed E-state index contributed by atoms with van der Waals surface area (Å²) in [6.07, 6.45) is -0.321. The summed E-state index contributed by atoms with van der Waals surface area (Å²) in [6.45, 7) is 9.51. The van der Waals surface area contributed by atoms with Crippen LogP contribution in [0.5, 0.6) is 11.5 Å². The van der Waals surface area contributed by atoms with Crippen molar-refractivity contribution in [1.82, 2.24) is 10.2 Å². The number of aryl methyl sites for hydroxylation is 1. The average Bonchev–Trinajstić information content (AvgIpc) is 2.52. The van der Waals surface area contributed by atoms with Crippen LogP contribution in [0.25, 0.3) is 0 Å². The minimum atomic E-state index is -0.534. The summed E-state index contributed by atoms with van der Waals surface area (Å²) >= 11 is 0. The van der Waals surface area contributed by atoms with Crippen LogP contribution in [0.4, 0.5) is 4.79 Å². The largest absolute Gasteiger partial charge is 0.496 e. The molecule has 1 aliphatic rings. The monoisotopic (exact) mass is 336 g/mol. The van der Waals surface area contributed by atoms with E-state index in [-0.39, 0.29) is 12.1 Å². The van der Waals surface area contributed by atoms with Gasteiger partial charge in [0.2, 0.25) is 0 Å². The second-order valence-corrected chi connectivity index (χ2v) is 6.98. The molecule has 1 N–H and O–H groups in total. The Balaban J connectivity index is 2.42. The van der Waals surface area contributed by atoms with E-state index < -0.39 is 5.60 Å². The molecule has 0 aliphatic carbocycles. The Morgan fingerprint density at radius 2 is 1.79 bits per heavy atom. The summed E-state index contributed by atoms with van der Waals surface area (Å²) in [5.41, 5.74) is 1.37. The van der Waals surface area contributed by atoms with Gasteiger partial charge in [0.1, 0.15) is 17.1 Å². The highest BCUT2D eigenvalue weighted by molar-refractivity contribution is 5.70. The lowest BCUT2D eigenvalue weighted by Gasteiger charge is -2.38. The summed E-state index contributed by atoms with van der Waals surface area (Å²) in [6, 6.07) is 3.71. The van der Waals surface area contributed by atoms with Crippen LogP contribution < -0.4 is 14.8 Å². The van der Waals surface area contributed by atoms with Gasteiger partial charge in [0.15, 0.2) is 0 Å². The number of nitrogens with one attached hydrogen (secondary N) is 1. The lowest BCUT2D eigenvalue weighted by Crippen LogP contribution is -2.50. The molecule has 0 aromatic heterocycles. The highest BCUT2D eigenvalue weighted by Gasteiger charge is 2.35. The zero-order valence-electron chi connectivity index (χ0n) is 15.4. The van der Waals surface area contributed by atoms with Gasteiger partial charge in [-0.05, 0) is 45.4 Å². The Morgan fingerprint density at radius 3 is 2.29 bits per heavy atom. The van der Waals surface area contributed by atoms with E-state index >= 15 is 0 Å². The highest BCUT2D eigenvalue weighted by Crippen LogP contribution is 2.39. The Kier molecular flexibility index (Phi) is 5.59. The van der Waals surface area contributed by atoms with Gasteiger partial charge in [0, 0.05) is 19.6 Å². The molecule has 0 spiro atoms. The summed E-state index contributed by atoms with van der Waals surface area (Å²) < 4.78 is 16.7. The smallest absolute Gasteiger partial charge is 0.410 e. The molecule has 1 atom stereocenters. The lowest BCUT2D eigenvalue weighted by atomic mass is 9.99. The van der Waals surface area contributed by atoms with Crippen LogP contribution in [0.3, 0.4) is 0 Å². The van der Waals surface area contributed by atoms with Crippen molar-refractivity contribution in [1.29, 1.82) is 0 Å². The van der Waals surface area contributed by atoms with Gasteiger partial charge < -0.3 is 19.5 Å². The first-order chi connectivity index (χ1) is 11.3. The number of nitrogens with zero attached hydrogens (tertiary/aromatic N) is 1. The van der Waals surface area contributed by atoms with Crippen LogP contribution in [0.2, 0.25) is 0 Å². The number of piperazine rings is 1. The first kappa shape index (κ1) is 18.4. The summed E-state index contributed by atoms with van der Waals surface area (Å²) in [7, 11) is 3.26. The van der Waals surface area contributed by atoms with Crippen molar-refractivity contribution in [3.8, 4) is 11.5 Å². The van der Waals surface area contributed by atoms with Crippen LogP contribution in [-0.4, -0.2) is 50.4 Å². The number of hydrogen-bond donors (Lipinski definition) is 1. The molecule has 134 valence electrons. The third kappa shape index (κ3) is 4.12. The molecule has 1 amide bonds. The Hall–Kier alpha value is -1.95. The van der Waals surface area contributed by atoms with Crippen LogP contribution >= 0.6 is 0 Å². The second kappa shape index (κ2) is 7.30. The lowest BCUT2D eigenvalue weighted by molar-refractivity contribution is 0.0113. The van der Waals surface area contributed by atoms with Gasteiger partial charge in [0.25, 0.3) is 0 Å². The molecule has 0 saturated carbocycles. The number of ether oxygens (including phenoxy) is 3. The highest BCUT2D eigenvalue weighted by atomic mass is 16.6. The van der Waals surface area contributed by atoms with E-state index in [4.69, 9.17) is 14.2 Å². The quantitative estimate of drug-likeness (QED) is 0.920. The molecule has 0 radical (unpaired) electrons. The van der Waals surface area contributed by atoms with Crippen LogP contribution in [0, 0.1) is 6.92 Å². The number of carbonyl (C=O) groups is 1. The molecule has 1 aromatic carbocycles. The van der Waals surface area contributed by atoms with E-state index in [1.54, 1.807) is 19.1 Å².